The van der Waals surface area contributed by atoms with Crippen molar-refractivity contribution < 1.29 is 13.5 Å². The fraction of sp³-hybridized carbons (Fsp3) is 0.615. The molecule has 0 bridgehead atoms. The van der Waals surface area contributed by atoms with Gasteiger partial charge in [-0.05, 0) is 53.2 Å². The van der Waals surface area contributed by atoms with Crippen molar-refractivity contribution >= 4 is 26.0 Å². The van der Waals surface area contributed by atoms with Crippen LogP contribution >= 0.6 is 15.9 Å². The lowest BCUT2D eigenvalue weighted by Crippen LogP contribution is -2.39. The maximum Gasteiger partial charge on any atom is 0.211 e. The maximum atomic E-state index is 11.6. The molecule has 1 saturated heterocycles. The Hall–Kier alpha value is -0.500. The monoisotopic (exact) mass is 362 g/mol. The number of sulfonamides is 1. The number of aliphatic hydroxyl groups is 1. The van der Waals surface area contributed by atoms with E-state index in [0.717, 1.165) is 17.3 Å². The molecule has 1 aliphatic rings. The van der Waals surface area contributed by atoms with Gasteiger partial charge in [0.1, 0.15) is 0 Å². The number of nitrogens with zero attached hydrogens (tertiary/aromatic N) is 2. The van der Waals surface area contributed by atoms with Gasteiger partial charge in [0.2, 0.25) is 10.0 Å². The lowest BCUT2D eigenvalue weighted by Gasteiger charge is -2.31. The highest BCUT2D eigenvalue weighted by atomic mass is 79.9. The summed E-state index contributed by atoms with van der Waals surface area (Å²) in [5, 5.41) is 10.2. The van der Waals surface area contributed by atoms with Crippen molar-refractivity contribution in [1.82, 2.24) is 9.29 Å². The van der Waals surface area contributed by atoms with Gasteiger partial charge in [-0.1, -0.05) is 0 Å². The summed E-state index contributed by atoms with van der Waals surface area (Å²) in [7, 11) is -3.13. The van der Waals surface area contributed by atoms with Gasteiger partial charge in [-0.25, -0.2) is 12.7 Å². The van der Waals surface area contributed by atoms with Gasteiger partial charge in [-0.2, -0.15) is 0 Å². The van der Waals surface area contributed by atoms with Crippen LogP contribution in [0.3, 0.4) is 0 Å². The molecule has 20 heavy (non-hydrogen) atoms. The lowest BCUT2D eigenvalue weighted by atomic mass is 9.92. The van der Waals surface area contributed by atoms with Crippen molar-refractivity contribution in [3.63, 3.8) is 0 Å². The van der Waals surface area contributed by atoms with Gasteiger partial charge in [0, 0.05) is 23.8 Å². The first kappa shape index (κ1) is 15.9. The SMILES string of the molecule is CS(=O)(=O)N1CCCC(CC(O)c2ccc(Br)cn2)C1. The molecule has 0 saturated carbocycles. The van der Waals surface area contributed by atoms with Crippen molar-refractivity contribution in [2.75, 3.05) is 19.3 Å². The van der Waals surface area contributed by atoms with E-state index in [2.05, 4.69) is 20.9 Å². The predicted octanol–water partition coefficient (Wildman–Crippen LogP) is 1.94. The van der Waals surface area contributed by atoms with Gasteiger partial charge in [0.25, 0.3) is 0 Å². The second kappa shape index (κ2) is 6.51. The minimum atomic E-state index is -3.13. The molecular formula is C13H19BrN2O3S. The maximum absolute atomic E-state index is 11.6. The van der Waals surface area contributed by atoms with Crippen molar-refractivity contribution in [2.24, 2.45) is 5.92 Å². The third-order valence-corrected chi connectivity index (χ3v) is 5.34. The number of halogens is 1. The summed E-state index contributed by atoms with van der Waals surface area (Å²) in [4.78, 5) is 4.18. The third kappa shape index (κ3) is 4.25. The van der Waals surface area contributed by atoms with E-state index in [9.17, 15) is 13.5 Å². The Morgan fingerprint density at radius 2 is 2.30 bits per heavy atom. The van der Waals surface area contributed by atoms with Gasteiger partial charge in [0.05, 0.1) is 18.1 Å². The molecule has 112 valence electrons. The van der Waals surface area contributed by atoms with E-state index in [1.165, 1.54) is 10.6 Å². The summed E-state index contributed by atoms with van der Waals surface area (Å²) in [5.74, 6) is 0.180. The number of aromatic nitrogens is 1. The molecular weight excluding hydrogens is 344 g/mol. The quantitative estimate of drug-likeness (QED) is 0.888. The molecule has 1 aromatic heterocycles. The molecule has 2 heterocycles. The normalized spacial score (nSPS) is 22.6. The zero-order chi connectivity index (χ0) is 14.8. The average molecular weight is 363 g/mol. The van der Waals surface area contributed by atoms with Crippen LogP contribution in [-0.2, 0) is 10.0 Å². The van der Waals surface area contributed by atoms with Gasteiger partial charge >= 0.3 is 0 Å². The van der Waals surface area contributed by atoms with Gasteiger partial charge < -0.3 is 5.11 Å². The molecule has 0 aliphatic carbocycles. The summed E-state index contributed by atoms with van der Waals surface area (Å²) in [6.45, 7) is 1.08. The van der Waals surface area contributed by atoms with Crippen molar-refractivity contribution in [2.45, 2.75) is 25.4 Å². The molecule has 0 amide bonds. The summed E-state index contributed by atoms with van der Waals surface area (Å²) in [6, 6.07) is 3.63. The second-order valence-corrected chi connectivity index (χ2v) is 8.18. The molecule has 2 unspecified atom stereocenters. The molecule has 0 radical (unpaired) electrons. The molecule has 1 fully saturated rings. The highest BCUT2D eigenvalue weighted by Gasteiger charge is 2.27. The molecule has 1 N–H and O–H groups in total. The van der Waals surface area contributed by atoms with Crippen molar-refractivity contribution in [3.8, 4) is 0 Å². The molecule has 5 nitrogen and oxygen atoms in total. The van der Waals surface area contributed by atoms with Crippen LogP contribution in [0.1, 0.15) is 31.1 Å². The number of hydrogen-bond acceptors (Lipinski definition) is 4. The van der Waals surface area contributed by atoms with Crippen LogP contribution in [-0.4, -0.2) is 42.2 Å². The van der Waals surface area contributed by atoms with Crippen LogP contribution in [0.25, 0.3) is 0 Å². The summed E-state index contributed by atoms with van der Waals surface area (Å²) < 4.78 is 25.5. The van der Waals surface area contributed by atoms with Crippen molar-refractivity contribution in [3.05, 3.63) is 28.5 Å². The first-order chi connectivity index (χ1) is 9.36. The van der Waals surface area contributed by atoms with Gasteiger partial charge in [0.15, 0.2) is 0 Å². The number of hydrogen-bond donors (Lipinski definition) is 1. The number of piperidine rings is 1. The highest BCUT2D eigenvalue weighted by molar-refractivity contribution is 9.10. The molecule has 1 aromatic rings. The van der Waals surface area contributed by atoms with Crippen LogP contribution in [0, 0.1) is 5.92 Å². The van der Waals surface area contributed by atoms with Crippen LogP contribution < -0.4 is 0 Å². The third-order valence-electron chi connectivity index (χ3n) is 3.60. The molecule has 1 aliphatic heterocycles. The average Bonchev–Trinajstić information content (AvgIpc) is 2.38. The zero-order valence-corrected chi connectivity index (χ0v) is 13.8. The van der Waals surface area contributed by atoms with E-state index in [1.807, 2.05) is 6.07 Å². The van der Waals surface area contributed by atoms with E-state index in [1.54, 1.807) is 12.3 Å². The first-order valence-electron chi connectivity index (χ1n) is 6.61. The van der Waals surface area contributed by atoms with Crippen LogP contribution in [0.2, 0.25) is 0 Å². The highest BCUT2D eigenvalue weighted by Crippen LogP contribution is 2.28. The number of aliphatic hydroxyl groups excluding tert-OH is 1. The summed E-state index contributed by atoms with van der Waals surface area (Å²) in [5.41, 5.74) is 0.629. The van der Waals surface area contributed by atoms with Gasteiger partial charge in [-0.3, -0.25) is 4.98 Å². The number of pyridine rings is 1. The fourth-order valence-electron chi connectivity index (χ4n) is 2.54. The van der Waals surface area contributed by atoms with Crippen LogP contribution in [0.15, 0.2) is 22.8 Å². The topological polar surface area (TPSA) is 70.5 Å². The smallest absolute Gasteiger partial charge is 0.211 e. The molecule has 2 atom stereocenters. The van der Waals surface area contributed by atoms with Gasteiger partial charge in [-0.15, -0.1) is 0 Å². The Morgan fingerprint density at radius 3 is 2.90 bits per heavy atom. The summed E-state index contributed by atoms with van der Waals surface area (Å²) >= 11 is 3.31. The standard InChI is InChI=1S/C13H19BrN2O3S/c1-20(18,19)16-6-2-3-10(9-16)7-13(17)12-5-4-11(14)8-15-12/h4-5,8,10,13,17H,2-3,6-7,9H2,1H3. The van der Waals surface area contributed by atoms with E-state index in [0.29, 0.717) is 25.2 Å². The minimum Gasteiger partial charge on any atom is -0.387 e. The zero-order valence-electron chi connectivity index (χ0n) is 11.4. The number of rotatable bonds is 4. The van der Waals surface area contributed by atoms with E-state index < -0.39 is 16.1 Å². The molecule has 0 aromatic carbocycles. The first-order valence-corrected chi connectivity index (χ1v) is 9.25. The molecule has 2 rings (SSSR count). The fourth-order valence-corrected chi connectivity index (χ4v) is 3.72. The Kier molecular flexibility index (Phi) is 5.17. The Balaban J connectivity index is 1.97. The predicted molar refractivity (Wildman–Crippen MR) is 80.7 cm³/mol. The summed E-state index contributed by atoms with van der Waals surface area (Å²) in [6.07, 6.45) is 4.58. The lowest BCUT2D eigenvalue weighted by molar-refractivity contribution is 0.119. The van der Waals surface area contributed by atoms with E-state index >= 15 is 0 Å². The van der Waals surface area contributed by atoms with E-state index in [-0.39, 0.29) is 5.92 Å². The second-order valence-electron chi connectivity index (χ2n) is 5.28. The van der Waals surface area contributed by atoms with Crippen molar-refractivity contribution in [1.29, 1.82) is 0 Å². The molecule has 7 heteroatoms. The Morgan fingerprint density at radius 1 is 1.55 bits per heavy atom. The molecule has 0 spiro atoms. The van der Waals surface area contributed by atoms with Crippen LogP contribution in [0.4, 0.5) is 0 Å². The minimum absolute atomic E-state index is 0.180. The van der Waals surface area contributed by atoms with E-state index in [4.69, 9.17) is 0 Å². The Bertz CT molecular complexity index is 547. The Labute approximate surface area is 128 Å². The largest absolute Gasteiger partial charge is 0.387 e. The van der Waals surface area contributed by atoms with Crippen LogP contribution in [0.5, 0.6) is 0 Å².